The fourth-order valence-corrected chi connectivity index (χ4v) is 4.21. The summed E-state index contributed by atoms with van der Waals surface area (Å²) in [5.41, 5.74) is 2.02. The van der Waals surface area contributed by atoms with E-state index in [1.165, 1.54) is 11.3 Å². The molecule has 0 bridgehead atoms. The van der Waals surface area contributed by atoms with E-state index in [-0.39, 0.29) is 5.56 Å². The molecule has 10 nitrogen and oxygen atoms in total. The van der Waals surface area contributed by atoms with Gasteiger partial charge in [-0.2, -0.15) is 9.78 Å². The topological polar surface area (TPSA) is 120 Å². The summed E-state index contributed by atoms with van der Waals surface area (Å²) in [7, 11) is 3.18. The highest BCUT2D eigenvalue weighted by molar-refractivity contribution is 7.13. The quantitative estimate of drug-likeness (QED) is 0.464. The molecular weight excluding hydrogens is 394 g/mol. The Bertz CT molecular complexity index is 1250. The summed E-state index contributed by atoms with van der Waals surface area (Å²) in [5.74, 6) is 1.61. The van der Waals surface area contributed by atoms with Crippen molar-refractivity contribution in [2.45, 2.75) is 6.04 Å². The zero-order chi connectivity index (χ0) is 20.0. The molecule has 11 heteroatoms. The van der Waals surface area contributed by atoms with Crippen LogP contribution in [0.5, 0.6) is 11.5 Å². The Morgan fingerprint density at radius 1 is 1.21 bits per heavy atom. The van der Waals surface area contributed by atoms with Crippen molar-refractivity contribution in [2.24, 2.45) is 0 Å². The van der Waals surface area contributed by atoms with Crippen molar-refractivity contribution in [1.29, 1.82) is 0 Å². The van der Waals surface area contributed by atoms with Gasteiger partial charge >= 0.3 is 0 Å². The van der Waals surface area contributed by atoms with Gasteiger partial charge in [-0.15, -0.1) is 11.3 Å². The number of tetrazole rings is 1. The molecule has 4 aromatic rings. The number of thiophene rings is 1. The number of aromatic nitrogens is 6. The molecular formula is C18H15N7O3S. The van der Waals surface area contributed by atoms with Gasteiger partial charge in [-0.3, -0.25) is 4.79 Å². The number of fused-ring (bicyclic) bond motifs is 2. The number of aromatic amines is 1. The summed E-state index contributed by atoms with van der Waals surface area (Å²) >= 11 is 1.52. The highest BCUT2D eigenvalue weighted by Gasteiger charge is 2.36. The average Bonchev–Trinajstić information content (AvgIpc) is 3.44. The van der Waals surface area contributed by atoms with E-state index >= 15 is 0 Å². The molecule has 5 rings (SSSR count). The van der Waals surface area contributed by atoms with Gasteiger partial charge in [0.05, 0.1) is 19.1 Å². The van der Waals surface area contributed by atoms with Crippen LogP contribution in [0.15, 0.2) is 40.5 Å². The van der Waals surface area contributed by atoms with Crippen molar-refractivity contribution in [3.63, 3.8) is 0 Å². The molecule has 1 aliphatic heterocycles. The molecule has 3 aromatic heterocycles. The van der Waals surface area contributed by atoms with E-state index in [1.54, 1.807) is 25.0 Å². The normalized spacial score (nSPS) is 14.6. The van der Waals surface area contributed by atoms with E-state index in [2.05, 4.69) is 31.0 Å². The predicted octanol–water partition coefficient (Wildman–Crippen LogP) is 2.20. The molecule has 0 saturated heterocycles. The molecule has 1 aromatic carbocycles. The molecule has 2 N–H and O–H groups in total. The number of methoxy groups -OCH3 is 2. The van der Waals surface area contributed by atoms with Crippen molar-refractivity contribution in [2.75, 3.05) is 19.5 Å². The minimum absolute atomic E-state index is 0.348. The minimum atomic E-state index is -0.548. The van der Waals surface area contributed by atoms with Crippen LogP contribution in [0.3, 0.4) is 0 Å². The Morgan fingerprint density at radius 3 is 2.86 bits per heavy atom. The van der Waals surface area contributed by atoms with Crippen LogP contribution in [-0.4, -0.2) is 44.6 Å². The third-order valence-corrected chi connectivity index (χ3v) is 5.63. The maximum atomic E-state index is 12.7. The molecule has 4 heterocycles. The number of benzene rings is 1. The highest BCUT2D eigenvalue weighted by atomic mass is 32.1. The number of rotatable bonds is 4. The van der Waals surface area contributed by atoms with Crippen LogP contribution in [0.25, 0.3) is 10.6 Å². The second kappa shape index (κ2) is 6.71. The van der Waals surface area contributed by atoms with E-state index in [9.17, 15) is 4.79 Å². The van der Waals surface area contributed by atoms with Gasteiger partial charge in [-0.1, -0.05) is 11.2 Å². The molecule has 0 radical (unpaired) electrons. The predicted molar refractivity (Wildman–Crippen MR) is 106 cm³/mol. The minimum Gasteiger partial charge on any atom is -0.497 e. The molecule has 146 valence electrons. The first kappa shape index (κ1) is 17.4. The van der Waals surface area contributed by atoms with E-state index in [0.29, 0.717) is 34.4 Å². The van der Waals surface area contributed by atoms with Crippen LogP contribution >= 0.6 is 11.3 Å². The third-order valence-electron chi connectivity index (χ3n) is 4.75. The van der Waals surface area contributed by atoms with Crippen molar-refractivity contribution in [3.05, 3.63) is 57.2 Å². The number of nitrogens with zero attached hydrogens (tertiary/aromatic N) is 5. The number of ether oxygens (including phenoxy) is 2. The molecule has 0 amide bonds. The highest BCUT2D eigenvalue weighted by Crippen LogP contribution is 2.45. The molecule has 1 atom stereocenters. The first-order chi connectivity index (χ1) is 14.2. The van der Waals surface area contributed by atoms with E-state index in [1.807, 2.05) is 29.6 Å². The average molecular weight is 409 g/mol. The maximum absolute atomic E-state index is 12.7. The van der Waals surface area contributed by atoms with Gasteiger partial charge in [0.25, 0.3) is 5.56 Å². The van der Waals surface area contributed by atoms with Crippen molar-refractivity contribution in [3.8, 4) is 22.1 Å². The number of nitrogens with one attached hydrogen (secondary N) is 2. The Labute approximate surface area is 168 Å². The first-order valence-electron chi connectivity index (χ1n) is 8.64. The lowest BCUT2D eigenvalue weighted by atomic mass is 9.93. The van der Waals surface area contributed by atoms with Crippen LogP contribution in [0, 0.1) is 0 Å². The maximum Gasteiger partial charge on any atom is 0.288 e. The molecule has 29 heavy (non-hydrogen) atoms. The zero-order valence-corrected chi connectivity index (χ0v) is 16.2. The van der Waals surface area contributed by atoms with Crippen LogP contribution in [0.4, 0.5) is 11.6 Å². The number of anilines is 2. The molecule has 0 fully saturated rings. The lowest BCUT2D eigenvalue weighted by Crippen LogP contribution is -2.29. The second-order valence-corrected chi connectivity index (χ2v) is 7.20. The number of hydrogen-bond donors (Lipinski definition) is 2. The van der Waals surface area contributed by atoms with E-state index in [4.69, 9.17) is 9.47 Å². The molecule has 0 aliphatic carbocycles. The molecule has 1 aliphatic rings. The summed E-state index contributed by atoms with van der Waals surface area (Å²) in [4.78, 5) is 13.6. The van der Waals surface area contributed by atoms with Gasteiger partial charge in [0.15, 0.2) is 0 Å². The van der Waals surface area contributed by atoms with E-state index < -0.39 is 6.04 Å². The summed E-state index contributed by atoms with van der Waals surface area (Å²) in [5, 5.41) is 23.8. The Morgan fingerprint density at radius 2 is 2.10 bits per heavy atom. The van der Waals surface area contributed by atoms with Gasteiger partial charge in [0, 0.05) is 11.1 Å². The summed E-state index contributed by atoms with van der Waals surface area (Å²) in [6, 6.07) is 8.79. The van der Waals surface area contributed by atoms with Gasteiger partial charge in [0.2, 0.25) is 5.95 Å². The molecule has 0 saturated carbocycles. The van der Waals surface area contributed by atoms with Gasteiger partial charge in [0.1, 0.15) is 28.9 Å². The summed E-state index contributed by atoms with van der Waals surface area (Å²) < 4.78 is 12.6. The summed E-state index contributed by atoms with van der Waals surface area (Å²) in [6.45, 7) is 0. The largest absolute Gasteiger partial charge is 0.497 e. The standard InChI is InChI=1S/C18H15N7O3S/c1-27-9-5-6-11(28-2)10(8-9)16-13-14(12-4-3-7-29-12)20-21-17(26)15(13)19-18-22-23-24-25(16)18/h3-8,16H,1-2H3,(H,21,26)(H,19,22,24)/t16-/m0/s1. The SMILES string of the molecule is COc1ccc(OC)c([C@H]2c3c(-c4cccs4)n[nH]c(=O)c3Nc3nnnn32)c1. The fourth-order valence-electron chi connectivity index (χ4n) is 3.48. The van der Waals surface area contributed by atoms with Gasteiger partial charge in [-0.25, -0.2) is 5.10 Å². The van der Waals surface area contributed by atoms with Crippen LogP contribution in [-0.2, 0) is 0 Å². The van der Waals surface area contributed by atoms with Crippen LogP contribution in [0.2, 0.25) is 0 Å². The van der Waals surface area contributed by atoms with Crippen molar-refractivity contribution in [1.82, 2.24) is 30.4 Å². The molecule has 0 unspecified atom stereocenters. The molecule has 0 spiro atoms. The Balaban J connectivity index is 1.86. The third kappa shape index (κ3) is 2.66. The number of hydrogen-bond acceptors (Lipinski definition) is 9. The fraction of sp³-hybridized carbons (Fsp3) is 0.167. The monoisotopic (exact) mass is 409 g/mol. The van der Waals surface area contributed by atoms with Crippen LogP contribution < -0.4 is 20.3 Å². The van der Waals surface area contributed by atoms with E-state index in [0.717, 1.165) is 10.4 Å². The Kier molecular flexibility index (Phi) is 4.02. The van der Waals surface area contributed by atoms with Gasteiger partial charge in [-0.05, 0) is 40.1 Å². The van der Waals surface area contributed by atoms with Crippen molar-refractivity contribution < 1.29 is 9.47 Å². The smallest absolute Gasteiger partial charge is 0.288 e. The van der Waals surface area contributed by atoms with Crippen LogP contribution in [0.1, 0.15) is 17.2 Å². The second-order valence-electron chi connectivity index (χ2n) is 6.25. The van der Waals surface area contributed by atoms with Gasteiger partial charge < -0.3 is 14.8 Å². The lowest BCUT2D eigenvalue weighted by molar-refractivity contribution is 0.392. The Hall–Kier alpha value is -3.73. The lowest BCUT2D eigenvalue weighted by Gasteiger charge is -2.28. The summed E-state index contributed by atoms with van der Waals surface area (Å²) in [6.07, 6.45) is 0. The first-order valence-corrected chi connectivity index (χ1v) is 9.52. The zero-order valence-electron chi connectivity index (χ0n) is 15.4. The van der Waals surface area contributed by atoms with Crippen molar-refractivity contribution >= 4 is 23.0 Å². The number of H-pyrrole nitrogens is 1.